The Morgan fingerprint density at radius 1 is 0.519 bits per heavy atom. The van der Waals surface area contributed by atoms with Gasteiger partial charge in [0.25, 0.3) is 0 Å². The average Bonchev–Trinajstić information content (AvgIpc) is 3.45. The smallest absolute Gasteiger partial charge is 0.245 e. The molecule has 6 fully saturated rings. The molecule has 426 valence electrons. The number of amides is 4. The van der Waals surface area contributed by atoms with Crippen molar-refractivity contribution in [3.63, 3.8) is 0 Å². The Labute approximate surface area is 471 Å². The molecule has 4 atom stereocenters. The zero-order valence-corrected chi connectivity index (χ0v) is 49.3. The SMILES string of the molecule is CC(=O)C1(C2CCCCC2)CCN(C(=O)[C@@H](Cc2ccc(Cl)cc2)NC(=O)[C@@H]2CN(C(C)C)CCN2C)CC1.CC(=O)C1(C2CCCCC2)CCN(C(=O)[C@@H](Cc2ccc(Cl)cc2)NC(=O)[C@H]2CCCN(C(C)C)C2)CC1. The van der Waals surface area contributed by atoms with Gasteiger partial charge in [-0.05, 0) is 167 Å². The number of carbonyl (C=O) groups is 6. The number of ketones is 2. The van der Waals surface area contributed by atoms with E-state index in [2.05, 4.69) is 53.0 Å². The number of carbonyl (C=O) groups excluding carboxylic acids is 6. The molecule has 4 saturated heterocycles. The van der Waals surface area contributed by atoms with Crippen LogP contribution in [-0.2, 0) is 41.6 Å². The minimum Gasteiger partial charge on any atom is -0.344 e. The van der Waals surface area contributed by atoms with Crippen LogP contribution in [0.3, 0.4) is 0 Å². The molecule has 0 unspecified atom stereocenters. The highest BCUT2D eigenvalue weighted by Gasteiger charge is 2.48. The molecule has 6 aliphatic rings. The van der Waals surface area contributed by atoms with Crippen molar-refractivity contribution >= 4 is 58.4 Å². The number of nitrogens with one attached hydrogen (secondary N) is 2. The molecule has 2 aromatic rings. The second-order valence-electron chi connectivity index (χ2n) is 24.5. The third kappa shape index (κ3) is 15.5. The van der Waals surface area contributed by atoms with E-state index < -0.39 is 12.1 Å². The number of hydrogen-bond acceptors (Lipinski definition) is 9. The molecule has 2 saturated carbocycles. The summed E-state index contributed by atoms with van der Waals surface area (Å²) in [5, 5.41) is 7.59. The van der Waals surface area contributed by atoms with Gasteiger partial charge in [-0.2, -0.15) is 0 Å². The topological polar surface area (TPSA) is 143 Å². The molecular formula is C62H93Cl2N7O6. The van der Waals surface area contributed by atoms with Crippen molar-refractivity contribution in [3.8, 4) is 0 Å². The van der Waals surface area contributed by atoms with E-state index in [-0.39, 0.29) is 58.0 Å². The molecule has 2 aliphatic carbocycles. The first-order valence-electron chi connectivity index (χ1n) is 29.7. The van der Waals surface area contributed by atoms with Crippen molar-refractivity contribution in [1.82, 2.24) is 35.1 Å². The fraction of sp³-hybridized carbons (Fsp3) is 0.710. The zero-order chi connectivity index (χ0) is 55.4. The Kier molecular flexibility index (Phi) is 22.1. The van der Waals surface area contributed by atoms with Crippen LogP contribution in [0, 0.1) is 28.6 Å². The summed E-state index contributed by atoms with van der Waals surface area (Å²) in [5.41, 5.74) is 1.32. The van der Waals surface area contributed by atoms with Crippen LogP contribution < -0.4 is 10.6 Å². The van der Waals surface area contributed by atoms with Crippen molar-refractivity contribution in [1.29, 1.82) is 0 Å². The summed E-state index contributed by atoms with van der Waals surface area (Å²) >= 11 is 12.2. The van der Waals surface area contributed by atoms with Gasteiger partial charge in [0.2, 0.25) is 23.6 Å². The molecule has 0 aromatic heterocycles. The van der Waals surface area contributed by atoms with Crippen molar-refractivity contribution in [2.45, 2.75) is 187 Å². The molecule has 2 N–H and O–H groups in total. The number of piperidine rings is 3. The Bertz CT molecular complexity index is 2280. The fourth-order valence-electron chi connectivity index (χ4n) is 14.1. The second kappa shape index (κ2) is 28.0. The number of benzene rings is 2. The lowest BCUT2D eigenvalue weighted by Gasteiger charge is -2.47. The van der Waals surface area contributed by atoms with Crippen LogP contribution in [0.5, 0.6) is 0 Å². The summed E-state index contributed by atoms with van der Waals surface area (Å²) < 4.78 is 0. The van der Waals surface area contributed by atoms with Gasteiger partial charge < -0.3 is 25.3 Å². The van der Waals surface area contributed by atoms with Crippen LogP contribution in [0.25, 0.3) is 0 Å². The number of likely N-dealkylation sites (tertiary alicyclic amines) is 3. The molecule has 4 heterocycles. The highest BCUT2D eigenvalue weighted by molar-refractivity contribution is 6.30. The van der Waals surface area contributed by atoms with Gasteiger partial charge in [-0.25, -0.2) is 0 Å². The van der Waals surface area contributed by atoms with E-state index in [4.69, 9.17) is 23.2 Å². The maximum Gasteiger partial charge on any atom is 0.245 e. The van der Waals surface area contributed by atoms with E-state index in [1.165, 1.54) is 38.5 Å². The number of hydrogen-bond donors (Lipinski definition) is 2. The number of likely N-dealkylation sites (N-methyl/N-ethyl adjacent to an activating group) is 1. The van der Waals surface area contributed by atoms with E-state index in [1.54, 1.807) is 13.8 Å². The first-order chi connectivity index (χ1) is 36.8. The van der Waals surface area contributed by atoms with Crippen LogP contribution in [0.2, 0.25) is 10.0 Å². The summed E-state index contributed by atoms with van der Waals surface area (Å²) in [6.45, 7) is 18.5. The molecule has 4 aliphatic heterocycles. The zero-order valence-electron chi connectivity index (χ0n) is 47.8. The van der Waals surface area contributed by atoms with Gasteiger partial charge in [-0.3, -0.25) is 38.6 Å². The lowest BCUT2D eigenvalue weighted by molar-refractivity contribution is -0.145. The molecule has 77 heavy (non-hydrogen) atoms. The molecule has 0 radical (unpaired) electrons. The Hall–Kier alpha value is -3.88. The summed E-state index contributed by atoms with van der Waals surface area (Å²) in [6.07, 6.45) is 17.4. The van der Waals surface area contributed by atoms with Crippen molar-refractivity contribution < 1.29 is 28.8 Å². The van der Waals surface area contributed by atoms with Crippen LogP contribution in [0.4, 0.5) is 0 Å². The minimum atomic E-state index is -0.666. The van der Waals surface area contributed by atoms with Crippen molar-refractivity contribution in [2.75, 3.05) is 66.0 Å². The second-order valence-corrected chi connectivity index (χ2v) is 25.4. The number of Topliss-reactive ketones (excluding diaryl/α,β-unsaturated/α-hetero) is 2. The van der Waals surface area contributed by atoms with Gasteiger partial charge in [-0.1, -0.05) is 86.0 Å². The third-order valence-corrected chi connectivity index (χ3v) is 19.8. The van der Waals surface area contributed by atoms with Crippen LogP contribution in [0.15, 0.2) is 48.5 Å². The molecule has 4 amide bonds. The number of nitrogens with zero attached hydrogens (tertiary/aromatic N) is 5. The largest absolute Gasteiger partial charge is 0.344 e. The molecule has 0 bridgehead atoms. The predicted molar refractivity (Wildman–Crippen MR) is 308 cm³/mol. The molecular weight excluding hydrogens is 1010 g/mol. The molecule has 8 rings (SSSR count). The van der Waals surface area contributed by atoms with E-state index in [0.29, 0.717) is 79.5 Å². The van der Waals surface area contributed by atoms with Gasteiger partial charge in [-0.15, -0.1) is 0 Å². The highest BCUT2D eigenvalue weighted by atomic mass is 35.5. The predicted octanol–water partition coefficient (Wildman–Crippen LogP) is 9.44. The molecule has 15 heteroatoms. The number of piperazine rings is 1. The number of rotatable bonds is 16. The van der Waals surface area contributed by atoms with Gasteiger partial charge in [0.15, 0.2) is 0 Å². The molecule has 2 aromatic carbocycles. The van der Waals surface area contributed by atoms with Gasteiger partial charge in [0.1, 0.15) is 29.7 Å². The Balaban J connectivity index is 0.000000224. The normalized spacial score (nSPS) is 23.8. The van der Waals surface area contributed by atoms with Gasteiger partial charge in [0.05, 0.1) is 5.92 Å². The first-order valence-corrected chi connectivity index (χ1v) is 30.4. The first kappa shape index (κ1) is 60.8. The van der Waals surface area contributed by atoms with E-state index in [9.17, 15) is 28.8 Å². The van der Waals surface area contributed by atoms with E-state index in [0.717, 1.165) is 102 Å². The van der Waals surface area contributed by atoms with Crippen LogP contribution >= 0.6 is 23.2 Å². The summed E-state index contributed by atoms with van der Waals surface area (Å²) in [4.78, 5) is 91.3. The third-order valence-electron chi connectivity index (χ3n) is 19.3. The van der Waals surface area contributed by atoms with Gasteiger partial charge in [0, 0.05) is 98.2 Å². The Morgan fingerprint density at radius 2 is 0.922 bits per heavy atom. The monoisotopic (exact) mass is 1100 g/mol. The van der Waals surface area contributed by atoms with Crippen LogP contribution in [-0.4, -0.2) is 156 Å². The maximum absolute atomic E-state index is 14.0. The standard InChI is InChI=1S/C31H47ClN4O3.C31H46ClN3O3/c1-22(2)36-19-18-34(4)28(21-36)29(38)33-27(20-24-10-12-26(32)13-11-24)30(39)35-16-14-31(15-17-35,23(3)37)25-8-6-5-7-9-25;1-22(2)35-17-7-8-25(21-35)29(37)33-28(20-24-11-13-27(32)14-12-24)30(38)34-18-15-31(16-19-34,23(3)36)26-9-5-4-6-10-26/h10-13,22,25,27-28H,5-9,14-21H2,1-4H3,(H,33,38);11-14,22,25-26,28H,4-10,15-21H2,1-3H3,(H,33,37)/t27-,28+;25-,28+/m10/s1. The molecule has 0 spiro atoms. The highest BCUT2D eigenvalue weighted by Crippen LogP contribution is 2.48. The van der Waals surface area contributed by atoms with Crippen molar-refractivity contribution in [3.05, 3.63) is 69.7 Å². The number of halogens is 2. The Morgan fingerprint density at radius 3 is 1.32 bits per heavy atom. The van der Waals surface area contributed by atoms with E-state index >= 15 is 0 Å². The maximum atomic E-state index is 14.0. The lowest BCUT2D eigenvalue weighted by Crippen LogP contribution is -2.62. The van der Waals surface area contributed by atoms with Crippen molar-refractivity contribution in [2.24, 2.45) is 28.6 Å². The summed E-state index contributed by atoms with van der Waals surface area (Å²) in [6, 6.07) is 14.1. The quantitative estimate of drug-likeness (QED) is 0.168. The average molecular weight is 1100 g/mol. The lowest BCUT2D eigenvalue weighted by atomic mass is 9.62. The molecule has 13 nitrogen and oxygen atoms in total. The fourth-order valence-corrected chi connectivity index (χ4v) is 14.4. The minimum absolute atomic E-state index is 0.0278. The summed E-state index contributed by atoms with van der Waals surface area (Å²) in [7, 11) is 1.98. The van der Waals surface area contributed by atoms with Gasteiger partial charge >= 0.3 is 0 Å². The van der Waals surface area contributed by atoms with E-state index in [1.807, 2.05) is 65.4 Å². The summed E-state index contributed by atoms with van der Waals surface area (Å²) in [5.74, 6) is 1.10. The van der Waals surface area contributed by atoms with Crippen LogP contribution in [0.1, 0.15) is 155 Å².